The molecule has 1 fully saturated rings. The van der Waals surface area contributed by atoms with Crippen LogP contribution in [0.1, 0.15) is 26.3 Å². The molecule has 2 heterocycles. The molecule has 0 radical (unpaired) electrons. The van der Waals surface area contributed by atoms with Crippen molar-refractivity contribution in [2.45, 2.75) is 27.2 Å². The highest BCUT2D eigenvalue weighted by Crippen LogP contribution is 2.32. The highest BCUT2D eigenvalue weighted by molar-refractivity contribution is 6.05. The molecule has 0 aliphatic carbocycles. The summed E-state index contributed by atoms with van der Waals surface area (Å²) in [6.07, 6.45) is 0.444. The van der Waals surface area contributed by atoms with E-state index in [4.69, 9.17) is 4.52 Å². The first-order valence-corrected chi connectivity index (χ1v) is 9.63. The number of fused-ring (bicyclic) bond motifs is 1. The Morgan fingerprint density at radius 1 is 1.32 bits per heavy atom. The molecule has 1 aliphatic heterocycles. The second-order valence-corrected chi connectivity index (χ2v) is 6.37. The predicted octanol–water partition coefficient (Wildman–Crippen LogP) is 3.65. The third kappa shape index (κ3) is 4.59. The Balaban J connectivity index is 0.00000136. The smallest absolute Gasteiger partial charge is 0.183 e. The average Bonchev–Trinajstić information content (AvgIpc) is 3.17. The Kier molecular flexibility index (Phi) is 7.75. The highest BCUT2D eigenvalue weighted by Gasteiger charge is 2.23. The van der Waals surface area contributed by atoms with E-state index in [9.17, 15) is 4.39 Å². The van der Waals surface area contributed by atoms with Crippen molar-refractivity contribution in [3.05, 3.63) is 47.8 Å². The van der Waals surface area contributed by atoms with Gasteiger partial charge in [-0.15, -0.1) is 0 Å². The van der Waals surface area contributed by atoms with E-state index in [2.05, 4.69) is 34.2 Å². The number of rotatable bonds is 6. The van der Waals surface area contributed by atoms with E-state index in [0.717, 1.165) is 48.6 Å². The fraction of sp³-hybridized carbons (Fsp3) is 0.429. The maximum atomic E-state index is 14.6. The van der Waals surface area contributed by atoms with E-state index in [1.807, 2.05) is 25.7 Å². The number of halogens is 1. The predicted molar refractivity (Wildman–Crippen MR) is 115 cm³/mol. The van der Waals surface area contributed by atoms with Crippen molar-refractivity contribution in [2.24, 2.45) is 5.10 Å². The summed E-state index contributed by atoms with van der Waals surface area (Å²) in [4.78, 5) is 2.05. The molecule has 3 rings (SSSR count). The highest BCUT2D eigenvalue weighted by atomic mass is 19.1. The zero-order valence-electron chi connectivity index (χ0n) is 17.2. The Hall–Kier alpha value is -2.67. The minimum atomic E-state index is -0.329. The van der Waals surface area contributed by atoms with Gasteiger partial charge in [0, 0.05) is 45.2 Å². The molecule has 1 aromatic carbocycles. The lowest BCUT2D eigenvalue weighted by atomic mass is 9.98. The summed E-state index contributed by atoms with van der Waals surface area (Å²) < 4.78 is 20.1. The molecule has 2 aromatic rings. The molecule has 2 N–H and O–H groups in total. The van der Waals surface area contributed by atoms with Crippen molar-refractivity contribution < 1.29 is 8.91 Å². The van der Waals surface area contributed by atoms with Gasteiger partial charge in [-0.1, -0.05) is 38.2 Å². The Morgan fingerprint density at radius 2 is 2.00 bits per heavy atom. The van der Waals surface area contributed by atoms with Gasteiger partial charge in [0.1, 0.15) is 11.2 Å². The lowest BCUT2D eigenvalue weighted by Gasteiger charge is -2.27. The summed E-state index contributed by atoms with van der Waals surface area (Å²) in [6.45, 7) is 17.1. The van der Waals surface area contributed by atoms with Gasteiger partial charge >= 0.3 is 0 Å². The molecule has 0 atom stereocenters. The van der Waals surface area contributed by atoms with Crippen molar-refractivity contribution >= 4 is 22.5 Å². The van der Waals surface area contributed by atoms with Crippen LogP contribution in [-0.2, 0) is 6.42 Å². The van der Waals surface area contributed by atoms with Gasteiger partial charge in [0.25, 0.3) is 0 Å². The van der Waals surface area contributed by atoms with Crippen LogP contribution in [0.3, 0.4) is 0 Å². The van der Waals surface area contributed by atoms with E-state index < -0.39 is 0 Å². The SMILES string of the molecule is C=C(C)C(=C)/C(Cc1ccc(F)c2c(N3CCNCC3)noc12)=N\NC.CC. The molecule has 6 nitrogen and oxygen atoms in total. The summed E-state index contributed by atoms with van der Waals surface area (Å²) in [7, 11) is 1.73. The van der Waals surface area contributed by atoms with Gasteiger partial charge < -0.3 is 20.2 Å². The number of aromatic nitrogens is 1. The van der Waals surface area contributed by atoms with Crippen LogP contribution in [0.5, 0.6) is 0 Å². The quantitative estimate of drug-likeness (QED) is 0.450. The van der Waals surface area contributed by atoms with Gasteiger partial charge in [-0.25, -0.2) is 4.39 Å². The third-order valence-electron chi connectivity index (χ3n) is 4.52. The fourth-order valence-corrected chi connectivity index (χ4v) is 3.06. The number of anilines is 1. The van der Waals surface area contributed by atoms with Crippen molar-refractivity contribution in [1.29, 1.82) is 0 Å². The second kappa shape index (κ2) is 10.0. The van der Waals surface area contributed by atoms with Crippen molar-refractivity contribution in [2.75, 3.05) is 38.1 Å². The van der Waals surface area contributed by atoms with Crippen LogP contribution < -0.4 is 15.6 Å². The van der Waals surface area contributed by atoms with Crippen LogP contribution >= 0.6 is 0 Å². The maximum Gasteiger partial charge on any atom is 0.183 e. The van der Waals surface area contributed by atoms with E-state index in [0.29, 0.717) is 23.2 Å². The minimum absolute atomic E-state index is 0.329. The number of nitrogens with zero attached hydrogens (tertiary/aromatic N) is 3. The zero-order valence-corrected chi connectivity index (χ0v) is 17.2. The maximum absolute atomic E-state index is 14.6. The average molecular weight is 388 g/mol. The third-order valence-corrected chi connectivity index (χ3v) is 4.52. The Bertz CT molecular complexity index is 865. The van der Waals surface area contributed by atoms with Crippen molar-refractivity contribution in [1.82, 2.24) is 15.9 Å². The molecular weight excluding hydrogens is 357 g/mol. The molecule has 152 valence electrons. The zero-order chi connectivity index (χ0) is 20.7. The number of hydrazone groups is 1. The first-order valence-electron chi connectivity index (χ1n) is 9.63. The molecule has 7 heteroatoms. The largest absolute Gasteiger partial charge is 0.354 e. The molecule has 0 amide bonds. The molecular formula is C21H30FN5O. The molecule has 1 saturated heterocycles. The molecule has 1 aliphatic rings. The number of hydrogen-bond acceptors (Lipinski definition) is 6. The monoisotopic (exact) mass is 387 g/mol. The van der Waals surface area contributed by atoms with Crippen LogP contribution in [0.25, 0.3) is 11.0 Å². The van der Waals surface area contributed by atoms with Crippen molar-refractivity contribution in [3.63, 3.8) is 0 Å². The number of piperazine rings is 1. The summed E-state index contributed by atoms with van der Waals surface area (Å²) >= 11 is 0. The number of nitrogens with one attached hydrogen (secondary N) is 2. The fourth-order valence-electron chi connectivity index (χ4n) is 3.06. The van der Waals surface area contributed by atoms with Gasteiger partial charge in [-0.3, -0.25) is 0 Å². The first-order chi connectivity index (χ1) is 13.5. The summed E-state index contributed by atoms with van der Waals surface area (Å²) in [5.74, 6) is 0.232. The molecule has 28 heavy (non-hydrogen) atoms. The Labute approximate surface area is 166 Å². The van der Waals surface area contributed by atoms with Crippen molar-refractivity contribution in [3.8, 4) is 0 Å². The molecule has 1 aromatic heterocycles. The topological polar surface area (TPSA) is 65.7 Å². The molecule has 0 spiro atoms. The normalized spacial score (nSPS) is 14.5. The van der Waals surface area contributed by atoms with Gasteiger partial charge in [-0.05, 0) is 24.1 Å². The molecule has 0 saturated carbocycles. The lowest BCUT2D eigenvalue weighted by molar-refractivity contribution is 0.449. The number of benzene rings is 1. The number of allylic oxidation sites excluding steroid dienone is 2. The summed E-state index contributed by atoms with van der Waals surface area (Å²) in [5.41, 5.74) is 6.37. The van der Waals surface area contributed by atoms with Crippen LogP contribution in [0.2, 0.25) is 0 Å². The van der Waals surface area contributed by atoms with E-state index >= 15 is 0 Å². The van der Waals surface area contributed by atoms with Gasteiger partial charge in [0.05, 0.1) is 5.71 Å². The lowest BCUT2D eigenvalue weighted by Crippen LogP contribution is -2.43. The van der Waals surface area contributed by atoms with Crippen LogP contribution in [0, 0.1) is 5.82 Å². The summed E-state index contributed by atoms with van der Waals surface area (Å²) in [6, 6.07) is 3.17. The van der Waals surface area contributed by atoms with Gasteiger partial charge in [0.15, 0.2) is 11.4 Å². The summed E-state index contributed by atoms with van der Waals surface area (Å²) in [5, 5.41) is 12.2. The first kappa shape index (κ1) is 21.6. The van der Waals surface area contributed by atoms with Gasteiger partial charge in [-0.2, -0.15) is 5.10 Å². The van der Waals surface area contributed by atoms with E-state index in [1.165, 1.54) is 6.07 Å². The van der Waals surface area contributed by atoms with Crippen LogP contribution in [-0.4, -0.2) is 44.1 Å². The standard InChI is InChI=1S/C19H24FN5O.C2H6/c1-12(2)13(3)16(23-21-4)11-14-5-6-15(20)17-18(14)26-24-19(17)25-9-7-22-8-10-25;1-2/h5-6,21-22H,1,3,7-11H2,2,4H3;1-2H3/b23-16-;. The van der Waals surface area contributed by atoms with Gasteiger partial charge in [0.2, 0.25) is 0 Å². The Morgan fingerprint density at radius 3 is 2.61 bits per heavy atom. The van der Waals surface area contributed by atoms with Crippen LogP contribution in [0.4, 0.5) is 10.2 Å². The molecule has 0 bridgehead atoms. The molecule has 0 unspecified atom stereocenters. The number of hydrogen-bond donors (Lipinski definition) is 2. The van der Waals surface area contributed by atoms with E-state index in [1.54, 1.807) is 13.1 Å². The second-order valence-electron chi connectivity index (χ2n) is 6.37. The van der Waals surface area contributed by atoms with Crippen LogP contribution in [0.15, 0.2) is 46.1 Å². The van der Waals surface area contributed by atoms with E-state index in [-0.39, 0.29) is 5.82 Å². The minimum Gasteiger partial charge on any atom is -0.354 e.